The first-order chi connectivity index (χ1) is 9.02. The Balaban J connectivity index is 2.68. The molecule has 106 valence electrons. The van der Waals surface area contributed by atoms with E-state index >= 15 is 0 Å². The van der Waals surface area contributed by atoms with Gasteiger partial charge in [-0.15, -0.1) is 11.8 Å². The molecule has 0 radical (unpaired) electrons. The minimum atomic E-state index is -0.171. The van der Waals surface area contributed by atoms with E-state index in [1.807, 2.05) is 19.1 Å². The SMILES string of the molecule is CCOC(=O)CSc1cc(Br)ccc1CNC(C)C. The highest BCUT2D eigenvalue weighted by Crippen LogP contribution is 2.26. The molecule has 0 unspecified atom stereocenters. The number of thioether (sulfide) groups is 1. The molecule has 0 aliphatic heterocycles. The van der Waals surface area contributed by atoms with Crippen LogP contribution in [0.25, 0.3) is 0 Å². The van der Waals surface area contributed by atoms with Crippen molar-refractivity contribution in [1.29, 1.82) is 0 Å². The van der Waals surface area contributed by atoms with Crippen molar-refractivity contribution >= 4 is 33.7 Å². The molecule has 0 amide bonds. The Hall–Kier alpha value is -0.520. The first-order valence-electron chi connectivity index (χ1n) is 6.33. The molecule has 19 heavy (non-hydrogen) atoms. The van der Waals surface area contributed by atoms with Crippen LogP contribution in [0.15, 0.2) is 27.6 Å². The standard InChI is InChI=1S/C14H20BrNO2S/c1-4-18-14(17)9-19-13-7-12(15)6-5-11(13)8-16-10(2)3/h5-7,10,16H,4,8-9H2,1-3H3. The zero-order valence-electron chi connectivity index (χ0n) is 11.5. The molecule has 0 aliphatic carbocycles. The third-order valence-electron chi connectivity index (χ3n) is 2.38. The Morgan fingerprint density at radius 3 is 2.84 bits per heavy atom. The van der Waals surface area contributed by atoms with Crippen molar-refractivity contribution in [2.75, 3.05) is 12.4 Å². The second kappa shape index (κ2) is 8.61. The lowest BCUT2D eigenvalue weighted by atomic mass is 10.2. The molecule has 3 nitrogen and oxygen atoms in total. The van der Waals surface area contributed by atoms with Crippen LogP contribution >= 0.6 is 27.7 Å². The van der Waals surface area contributed by atoms with Gasteiger partial charge in [0.1, 0.15) is 0 Å². The molecule has 1 N–H and O–H groups in total. The number of hydrogen-bond donors (Lipinski definition) is 1. The second-order valence-electron chi connectivity index (χ2n) is 4.38. The lowest BCUT2D eigenvalue weighted by Gasteiger charge is -2.12. The summed E-state index contributed by atoms with van der Waals surface area (Å²) >= 11 is 4.98. The first-order valence-corrected chi connectivity index (χ1v) is 8.11. The zero-order valence-corrected chi connectivity index (χ0v) is 13.9. The summed E-state index contributed by atoms with van der Waals surface area (Å²) in [4.78, 5) is 12.5. The van der Waals surface area contributed by atoms with Crippen molar-refractivity contribution in [3.8, 4) is 0 Å². The number of esters is 1. The minimum absolute atomic E-state index is 0.171. The summed E-state index contributed by atoms with van der Waals surface area (Å²) < 4.78 is 5.97. The van der Waals surface area contributed by atoms with Gasteiger partial charge >= 0.3 is 5.97 Å². The van der Waals surface area contributed by atoms with Crippen LogP contribution in [0.4, 0.5) is 0 Å². The number of ether oxygens (including phenoxy) is 1. The van der Waals surface area contributed by atoms with Gasteiger partial charge in [-0.2, -0.15) is 0 Å². The molecular formula is C14H20BrNO2S. The Bertz CT molecular complexity index is 424. The average molecular weight is 346 g/mol. The number of nitrogens with one attached hydrogen (secondary N) is 1. The van der Waals surface area contributed by atoms with Crippen LogP contribution in [0.5, 0.6) is 0 Å². The summed E-state index contributed by atoms with van der Waals surface area (Å²) in [6, 6.07) is 6.58. The largest absolute Gasteiger partial charge is 0.465 e. The van der Waals surface area contributed by atoms with Crippen molar-refractivity contribution in [2.45, 2.75) is 38.3 Å². The maximum absolute atomic E-state index is 11.4. The molecule has 0 bridgehead atoms. The molecule has 0 fully saturated rings. The van der Waals surface area contributed by atoms with Crippen molar-refractivity contribution in [3.63, 3.8) is 0 Å². The first kappa shape index (κ1) is 16.5. The predicted octanol–water partition coefficient (Wildman–Crippen LogP) is 3.60. The normalized spacial score (nSPS) is 10.8. The quantitative estimate of drug-likeness (QED) is 0.605. The Kier molecular flexibility index (Phi) is 7.49. The van der Waals surface area contributed by atoms with E-state index in [1.54, 1.807) is 0 Å². The van der Waals surface area contributed by atoms with E-state index in [4.69, 9.17) is 4.74 Å². The molecule has 1 aromatic carbocycles. The van der Waals surface area contributed by atoms with Crippen LogP contribution in [0, 0.1) is 0 Å². The summed E-state index contributed by atoms with van der Waals surface area (Å²) in [7, 11) is 0. The second-order valence-corrected chi connectivity index (χ2v) is 6.31. The topological polar surface area (TPSA) is 38.3 Å². The van der Waals surface area contributed by atoms with E-state index in [0.29, 0.717) is 18.4 Å². The monoisotopic (exact) mass is 345 g/mol. The summed E-state index contributed by atoms with van der Waals surface area (Å²) in [5.74, 6) is 0.175. The molecule has 0 aliphatic rings. The van der Waals surface area contributed by atoms with Gasteiger partial charge in [-0.1, -0.05) is 35.8 Å². The van der Waals surface area contributed by atoms with Gasteiger partial charge < -0.3 is 10.1 Å². The zero-order chi connectivity index (χ0) is 14.3. The van der Waals surface area contributed by atoms with Crippen LogP contribution in [-0.2, 0) is 16.1 Å². The fourth-order valence-electron chi connectivity index (χ4n) is 1.46. The highest BCUT2D eigenvalue weighted by atomic mass is 79.9. The number of carbonyl (C=O) groups is 1. The molecule has 0 saturated carbocycles. The van der Waals surface area contributed by atoms with Gasteiger partial charge in [-0.25, -0.2) is 0 Å². The van der Waals surface area contributed by atoms with Gasteiger partial charge in [0.2, 0.25) is 0 Å². The van der Waals surface area contributed by atoms with Crippen molar-refractivity contribution in [3.05, 3.63) is 28.2 Å². The van der Waals surface area contributed by atoms with E-state index in [0.717, 1.165) is 15.9 Å². The molecule has 1 rings (SSSR count). The van der Waals surface area contributed by atoms with E-state index in [9.17, 15) is 4.79 Å². The molecule has 5 heteroatoms. The Morgan fingerprint density at radius 1 is 1.47 bits per heavy atom. The highest BCUT2D eigenvalue weighted by molar-refractivity contribution is 9.10. The lowest BCUT2D eigenvalue weighted by Crippen LogP contribution is -2.22. The number of halogens is 1. The smallest absolute Gasteiger partial charge is 0.316 e. The van der Waals surface area contributed by atoms with Gasteiger partial charge in [-0.3, -0.25) is 4.79 Å². The van der Waals surface area contributed by atoms with E-state index in [2.05, 4.69) is 41.2 Å². The van der Waals surface area contributed by atoms with Gasteiger partial charge in [0.05, 0.1) is 12.4 Å². The minimum Gasteiger partial charge on any atom is -0.465 e. The highest BCUT2D eigenvalue weighted by Gasteiger charge is 2.08. The van der Waals surface area contributed by atoms with Gasteiger partial charge in [0, 0.05) is 22.0 Å². The van der Waals surface area contributed by atoms with Crippen LogP contribution in [0.3, 0.4) is 0 Å². The maximum atomic E-state index is 11.4. The predicted molar refractivity (Wildman–Crippen MR) is 83.5 cm³/mol. The molecule has 0 heterocycles. The van der Waals surface area contributed by atoms with Crippen LogP contribution < -0.4 is 5.32 Å². The fraction of sp³-hybridized carbons (Fsp3) is 0.500. The summed E-state index contributed by atoms with van der Waals surface area (Å²) in [6.07, 6.45) is 0. The summed E-state index contributed by atoms with van der Waals surface area (Å²) in [6.45, 7) is 7.28. The molecule has 0 spiro atoms. The molecular weight excluding hydrogens is 326 g/mol. The molecule has 0 atom stereocenters. The lowest BCUT2D eigenvalue weighted by molar-refractivity contribution is -0.139. The van der Waals surface area contributed by atoms with Crippen molar-refractivity contribution in [2.24, 2.45) is 0 Å². The van der Waals surface area contributed by atoms with E-state index in [-0.39, 0.29) is 5.97 Å². The molecule has 0 aromatic heterocycles. The summed E-state index contributed by atoms with van der Waals surface area (Å²) in [5, 5.41) is 3.39. The molecule has 1 aromatic rings. The Labute approximate surface area is 127 Å². The molecule has 0 saturated heterocycles. The van der Waals surface area contributed by atoms with Crippen LogP contribution in [0.1, 0.15) is 26.3 Å². The van der Waals surface area contributed by atoms with Crippen LogP contribution in [0.2, 0.25) is 0 Å². The summed E-state index contributed by atoms with van der Waals surface area (Å²) in [5.41, 5.74) is 1.20. The van der Waals surface area contributed by atoms with Gasteiger partial charge in [-0.05, 0) is 24.6 Å². The van der Waals surface area contributed by atoms with Crippen molar-refractivity contribution < 1.29 is 9.53 Å². The van der Waals surface area contributed by atoms with Gasteiger partial charge in [0.25, 0.3) is 0 Å². The van der Waals surface area contributed by atoms with Crippen LogP contribution in [-0.4, -0.2) is 24.4 Å². The van der Waals surface area contributed by atoms with E-state index in [1.165, 1.54) is 17.3 Å². The third kappa shape index (κ3) is 6.45. The number of benzene rings is 1. The number of rotatable bonds is 7. The fourth-order valence-corrected chi connectivity index (χ4v) is 2.87. The number of carbonyl (C=O) groups excluding carboxylic acids is 1. The Morgan fingerprint density at radius 2 is 2.21 bits per heavy atom. The number of hydrogen-bond acceptors (Lipinski definition) is 4. The maximum Gasteiger partial charge on any atom is 0.316 e. The van der Waals surface area contributed by atoms with E-state index < -0.39 is 0 Å². The third-order valence-corrected chi connectivity index (χ3v) is 3.95. The van der Waals surface area contributed by atoms with Crippen molar-refractivity contribution in [1.82, 2.24) is 5.32 Å². The average Bonchev–Trinajstić information content (AvgIpc) is 2.35. The van der Waals surface area contributed by atoms with Gasteiger partial charge in [0.15, 0.2) is 0 Å².